The van der Waals surface area contributed by atoms with Gasteiger partial charge in [-0.05, 0) is 25.3 Å². The van der Waals surface area contributed by atoms with Crippen LogP contribution in [0, 0.1) is 10.1 Å². The third kappa shape index (κ3) is 4.12. The average molecular weight is 449 g/mol. The maximum absolute atomic E-state index is 13.4. The van der Waals surface area contributed by atoms with Crippen LogP contribution in [-0.4, -0.2) is 73.4 Å². The number of nitrogens with zero attached hydrogens (tertiary/aromatic N) is 4. The van der Waals surface area contributed by atoms with E-state index in [-0.39, 0.29) is 27.0 Å². The largest absolute Gasteiger partial charge is 0.370 e. The molecule has 3 heterocycles. The van der Waals surface area contributed by atoms with Crippen molar-refractivity contribution in [2.24, 2.45) is 0 Å². The van der Waals surface area contributed by atoms with Crippen LogP contribution in [0.25, 0.3) is 0 Å². The Morgan fingerprint density at radius 1 is 1.10 bits per heavy atom. The van der Waals surface area contributed by atoms with Gasteiger partial charge in [-0.15, -0.1) is 0 Å². The molecule has 2 fully saturated rings. The molecule has 1 amide bonds. The molecule has 2 aromatic rings. The molecule has 2 N–H and O–H groups in total. The van der Waals surface area contributed by atoms with E-state index in [1.807, 2.05) is 4.90 Å². The molecule has 2 saturated heterocycles. The zero-order valence-corrected chi connectivity index (χ0v) is 17.7. The fourth-order valence-electron chi connectivity index (χ4n) is 4.02. The first kappa shape index (κ1) is 21.2. The molecule has 0 unspecified atom stereocenters. The number of sulfone groups is 1. The number of piperidine rings is 1. The van der Waals surface area contributed by atoms with Gasteiger partial charge in [-0.3, -0.25) is 14.9 Å². The Kier molecular flexibility index (Phi) is 5.92. The molecule has 2 aliphatic heterocycles. The summed E-state index contributed by atoms with van der Waals surface area (Å²) in [6.07, 6.45) is 5.45. The summed E-state index contributed by atoms with van der Waals surface area (Å²) in [7, 11) is -4.12. The highest BCUT2D eigenvalue weighted by Gasteiger charge is 2.34. The van der Waals surface area contributed by atoms with E-state index in [2.05, 4.69) is 15.3 Å². The molecule has 1 aromatic heterocycles. The van der Waals surface area contributed by atoms with Gasteiger partial charge in [0, 0.05) is 57.7 Å². The summed E-state index contributed by atoms with van der Waals surface area (Å²) in [6.45, 7) is 3.10. The standard InChI is InChI=1S/C19H24N6O5S/c26-18(24-10-6-20-7-11-24)14-12-17(31(29,30)19-21-4-5-22-19)16(13-15(14)25(27)28)23-8-2-1-3-9-23/h4-5,12-13,20H,1-3,6-11H2,(H,21,22). The predicted molar refractivity (Wildman–Crippen MR) is 112 cm³/mol. The third-order valence-corrected chi connectivity index (χ3v) is 7.26. The van der Waals surface area contributed by atoms with Gasteiger partial charge in [0.05, 0.1) is 15.5 Å². The maximum atomic E-state index is 13.4. The first-order valence-electron chi connectivity index (χ1n) is 10.2. The third-order valence-electron chi connectivity index (χ3n) is 5.62. The van der Waals surface area contributed by atoms with Gasteiger partial charge in [0.15, 0.2) is 0 Å². The maximum Gasteiger partial charge on any atom is 0.284 e. The molecule has 12 heteroatoms. The summed E-state index contributed by atoms with van der Waals surface area (Å²) in [5.74, 6) is -0.547. The van der Waals surface area contributed by atoms with E-state index in [0.717, 1.165) is 25.3 Å². The lowest BCUT2D eigenvalue weighted by Crippen LogP contribution is -2.46. The van der Waals surface area contributed by atoms with Gasteiger partial charge in [0.25, 0.3) is 11.6 Å². The summed E-state index contributed by atoms with van der Waals surface area (Å²) in [6, 6.07) is 2.39. The number of anilines is 1. The number of rotatable bonds is 5. The van der Waals surface area contributed by atoms with Crippen LogP contribution in [0.4, 0.5) is 11.4 Å². The quantitative estimate of drug-likeness (QED) is 0.513. The Morgan fingerprint density at radius 2 is 1.81 bits per heavy atom. The molecule has 0 spiro atoms. The van der Waals surface area contributed by atoms with Gasteiger partial charge in [-0.25, -0.2) is 13.4 Å². The van der Waals surface area contributed by atoms with Gasteiger partial charge in [-0.1, -0.05) is 0 Å². The minimum absolute atomic E-state index is 0.145. The summed E-state index contributed by atoms with van der Waals surface area (Å²) >= 11 is 0. The van der Waals surface area contributed by atoms with Crippen LogP contribution >= 0.6 is 0 Å². The van der Waals surface area contributed by atoms with Crippen LogP contribution in [0.3, 0.4) is 0 Å². The molecule has 0 atom stereocenters. The summed E-state index contributed by atoms with van der Waals surface area (Å²) in [5, 5.41) is 14.7. The molecule has 4 rings (SSSR count). The molecule has 11 nitrogen and oxygen atoms in total. The number of imidazole rings is 1. The van der Waals surface area contributed by atoms with Crippen molar-refractivity contribution < 1.29 is 18.1 Å². The zero-order chi connectivity index (χ0) is 22.0. The second-order valence-corrected chi connectivity index (χ2v) is 9.42. The Bertz CT molecular complexity index is 1070. The molecular weight excluding hydrogens is 424 g/mol. The SMILES string of the molecule is O=C(c1cc(S(=O)(=O)c2ncc[nH]2)c(N2CCCCC2)cc1[N+](=O)[O-])N1CCNCC1. The van der Waals surface area contributed by atoms with Crippen molar-refractivity contribution in [1.29, 1.82) is 0 Å². The molecular formula is C19H24N6O5S. The summed E-state index contributed by atoms with van der Waals surface area (Å²) < 4.78 is 26.7. The number of piperazine rings is 1. The normalized spacial score (nSPS) is 17.5. The van der Waals surface area contributed by atoms with E-state index in [0.29, 0.717) is 39.3 Å². The molecule has 0 saturated carbocycles. The van der Waals surface area contributed by atoms with E-state index in [1.54, 1.807) is 0 Å². The van der Waals surface area contributed by atoms with Gasteiger partial charge in [0.2, 0.25) is 15.0 Å². The van der Waals surface area contributed by atoms with Crippen molar-refractivity contribution in [3.63, 3.8) is 0 Å². The van der Waals surface area contributed by atoms with Crippen LogP contribution in [-0.2, 0) is 9.84 Å². The zero-order valence-electron chi connectivity index (χ0n) is 16.9. The van der Waals surface area contributed by atoms with Crippen LogP contribution in [0.5, 0.6) is 0 Å². The van der Waals surface area contributed by atoms with Crippen molar-refractivity contribution in [3.8, 4) is 0 Å². The number of carbonyl (C=O) groups excluding carboxylic acids is 1. The van der Waals surface area contributed by atoms with E-state index in [9.17, 15) is 23.3 Å². The number of nitrogens with one attached hydrogen (secondary N) is 2. The van der Waals surface area contributed by atoms with Gasteiger partial charge >= 0.3 is 0 Å². The number of nitro benzene ring substituents is 1. The average Bonchev–Trinajstić information content (AvgIpc) is 3.35. The molecule has 0 bridgehead atoms. The number of aromatic nitrogens is 2. The van der Waals surface area contributed by atoms with Crippen LogP contribution in [0.1, 0.15) is 29.6 Å². The Labute approximate surface area is 179 Å². The molecule has 2 aliphatic rings. The number of nitro groups is 1. The molecule has 0 aliphatic carbocycles. The van der Waals surface area contributed by atoms with E-state index in [1.165, 1.54) is 23.4 Å². The van der Waals surface area contributed by atoms with Crippen LogP contribution in [0.15, 0.2) is 34.6 Å². The first-order valence-corrected chi connectivity index (χ1v) is 11.7. The topological polar surface area (TPSA) is 142 Å². The summed E-state index contributed by atoms with van der Waals surface area (Å²) in [5.41, 5.74) is -0.375. The second-order valence-electron chi connectivity index (χ2n) is 7.58. The molecule has 0 radical (unpaired) electrons. The minimum atomic E-state index is -4.12. The Morgan fingerprint density at radius 3 is 2.42 bits per heavy atom. The highest BCUT2D eigenvalue weighted by Crippen LogP contribution is 2.37. The monoisotopic (exact) mass is 448 g/mol. The number of hydrogen-bond acceptors (Lipinski definition) is 8. The highest BCUT2D eigenvalue weighted by molar-refractivity contribution is 7.91. The molecule has 1 aromatic carbocycles. The number of amides is 1. The lowest BCUT2D eigenvalue weighted by atomic mass is 10.1. The van der Waals surface area contributed by atoms with Crippen LogP contribution < -0.4 is 10.2 Å². The Balaban J connectivity index is 1.89. The first-order chi connectivity index (χ1) is 14.9. The fourth-order valence-corrected chi connectivity index (χ4v) is 5.38. The number of hydrogen-bond donors (Lipinski definition) is 2. The number of H-pyrrole nitrogens is 1. The number of carbonyl (C=O) groups is 1. The minimum Gasteiger partial charge on any atom is -0.370 e. The Hall–Kier alpha value is -2.99. The summed E-state index contributed by atoms with van der Waals surface area (Å²) in [4.78, 5) is 34.1. The van der Waals surface area contributed by atoms with Crippen LogP contribution in [0.2, 0.25) is 0 Å². The van der Waals surface area contributed by atoms with Gasteiger partial charge < -0.3 is 20.1 Å². The second kappa shape index (κ2) is 8.63. The van der Waals surface area contributed by atoms with Crippen molar-refractivity contribution in [2.45, 2.75) is 29.3 Å². The smallest absolute Gasteiger partial charge is 0.284 e. The number of aromatic amines is 1. The van der Waals surface area contributed by atoms with Crippen molar-refractivity contribution >= 4 is 27.1 Å². The lowest BCUT2D eigenvalue weighted by Gasteiger charge is -2.31. The van der Waals surface area contributed by atoms with Gasteiger partial charge in [0.1, 0.15) is 5.56 Å². The predicted octanol–water partition coefficient (Wildman–Crippen LogP) is 1.19. The van der Waals surface area contributed by atoms with E-state index < -0.39 is 20.7 Å². The van der Waals surface area contributed by atoms with Crippen molar-refractivity contribution in [3.05, 3.63) is 40.2 Å². The number of benzene rings is 1. The lowest BCUT2D eigenvalue weighted by molar-refractivity contribution is -0.385. The van der Waals surface area contributed by atoms with Gasteiger partial charge in [-0.2, -0.15) is 0 Å². The fraction of sp³-hybridized carbons (Fsp3) is 0.474. The highest BCUT2D eigenvalue weighted by atomic mass is 32.2. The molecule has 31 heavy (non-hydrogen) atoms. The van der Waals surface area contributed by atoms with Crippen molar-refractivity contribution in [1.82, 2.24) is 20.2 Å². The van der Waals surface area contributed by atoms with E-state index in [4.69, 9.17) is 0 Å². The van der Waals surface area contributed by atoms with Crippen molar-refractivity contribution in [2.75, 3.05) is 44.2 Å². The van der Waals surface area contributed by atoms with E-state index >= 15 is 0 Å². The molecule has 166 valence electrons.